The number of carbonyl (C=O) groups excluding carboxylic acids is 1. The van der Waals surface area contributed by atoms with Gasteiger partial charge in [-0.3, -0.25) is 9.59 Å². The number of aryl methyl sites for hydroxylation is 2. The second-order valence-corrected chi connectivity index (χ2v) is 5.42. The molecule has 0 spiro atoms. The monoisotopic (exact) mass is 279 g/mol. The molecular weight excluding hydrogens is 258 g/mol. The van der Waals surface area contributed by atoms with Gasteiger partial charge in [-0.15, -0.1) is 0 Å². The maximum atomic E-state index is 12.2. The molecule has 20 heavy (non-hydrogen) atoms. The molecule has 1 aliphatic rings. The van der Waals surface area contributed by atoms with Crippen LogP contribution in [-0.2, 0) is 17.6 Å². The molecule has 0 bridgehead atoms. The Hall–Kier alpha value is -1.78. The molecule has 1 aromatic heterocycles. The Kier molecular flexibility index (Phi) is 4.16. The smallest absolute Gasteiger partial charge is 0.305 e. The lowest BCUT2D eigenvalue weighted by Gasteiger charge is -2.41. The molecule has 0 unspecified atom stereocenters. The zero-order valence-corrected chi connectivity index (χ0v) is 12.0. The van der Waals surface area contributed by atoms with Gasteiger partial charge in [-0.1, -0.05) is 13.8 Å². The van der Waals surface area contributed by atoms with E-state index in [0.717, 1.165) is 30.6 Å². The molecule has 2 rings (SSSR count). The summed E-state index contributed by atoms with van der Waals surface area (Å²) in [6, 6.07) is 1.77. The standard InChI is InChI=1S/C15H21NO4/c1-3-10-8-12(20-11(10)4-2)14(19)16-15(6-5-7-15)9-13(17)18/h8H,3-7,9H2,1-2H3,(H,16,19)(H,17,18). The Morgan fingerprint density at radius 1 is 1.35 bits per heavy atom. The van der Waals surface area contributed by atoms with Crippen LogP contribution < -0.4 is 5.32 Å². The number of rotatable bonds is 6. The van der Waals surface area contributed by atoms with Crippen molar-refractivity contribution >= 4 is 11.9 Å². The van der Waals surface area contributed by atoms with Crippen LogP contribution in [0, 0.1) is 0 Å². The van der Waals surface area contributed by atoms with Crippen molar-refractivity contribution < 1.29 is 19.1 Å². The van der Waals surface area contributed by atoms with Crippen molar-refractivity contribution in [2.75, 3.05) is 0 Å². The summed E-state index contributed by atoms with van der Waals surface area (Å²) in [5.41, 5.74) is 0.451. The van der Waals surface area contributed by atoms with Crippen molar-refractivity contribution in [3.8, 4) is 0 Å². The molecule has 0 saturated heterocycles. The summed E-state index contributed by atoms with van der Waals surface area (Å²) < 4.78 is 5.58. The van der Waals surface area contributed by atoms with E-state index in [1.54, 1.807) is 6.07 Å². The van der Waals surface area contributed by atoms with E-state index in [2.05, 4.69) is 5.32 Å². The lowest BCUT2D eigenvalue weighted by molar-refractivity contribution is -0.139. The number of carbonyl (C=O) groups is 2. The van der Waals surface area contributed by atoms with Crippen molar-refractivity contribution in [3.05, 3.63) is 23.2 Å². The minimum absolute atomic E-state index is 0.0271. The third kappa shape index (κ3) is 2.86. The largest absolute Gasteiger partial charge is 0.481 e. The molecule has 5 heteroatoms. The van der Waals surface area contributed by atoms with E-state index in [-0.39, 0.29) is 18.1 Å². The highest BCUT2D eigenvalue weighted by atomic mass is 16.4. The summed E-state index contributed by atoms with van der Waals surface area (Å²) in [7, 11) is 0. The Labute approximate surface area is 118 Å². The first-order valence-corrected chi connectivity index (χ1v) is 7.15. The fourth-order valence-corrected chi connectivity index (χ4v) is 2.72. The number of hydrogen-bond acceptors (Lipinski definition) is 3. The Morgan fingerprint density at radius 2 is 2.05 bits per heavy atom. The number of nitrogens with one attached hydrogen (secondary N) is 1. The molecule has 1 heterocycles. The summed E-state index contributed by atoms with van der Waals surface area (Å²) in [5, 5.41) is 11.8. The van der Waals surface area contributed by atoms with E-state index >= 15 is 0 Å². The van der Waals surface area contributed by atoms with Gasteiger partial charge in [0.05, 0.1) is 12.0 Å². The van der Waals surface area contributed by atoms with Crippen molar-refractivity contribution in [1.29, 1.82) is 0 Å². The second-order valence-electron chi connectivity index (χ2n) is 5.42. The second kappa shape index (κ2) is 5.69. The predicted molar refractivity (Wildman–Crippen MR) is 73.8 cm³/mol. The van der Waals surface area contributed by atoms with E-state index in [0.29, 0.717) is 12.8 Å². The van der Waals surface area contributed by atoms with Gasteiger partial charge in [0, 0.05) is 6.42 Å². The van der Waals surface area contributed by atoms with Gasteiger partial charge in [0.2, 0.25) is 0 Å². The molecular formula is C15H21NO4. The molecule has 1 saturated carbocycles. The lowest BCUT2D eigenvalue weighted by atomic mass is 9.74. The summed E-state index contributed by atoms with van der Waals surface area (Å²) in [4.78, 5) is 23.1. The molecule has 2 N–H and O–H groups in total. The molecule has 1 aromatic rings. The molecule has 0 aromatic carbocycles. The van der Waals surface area contributed by atoms with Crippen LogP contribution in [0.3, 0.4) is 0 Å². The van der Waals surface area contributed by atoms with E-state index < -0.39 is 11.5 Å². The molecule has 110 valence electrons. The van der Waals surface area contributed by atoms with Gasteiger partial charge in [-0.25, -0.2) is 0 Å². The van der Waals surface area contributed by atoms with Crippen LogP contribution in [0.15, 0.2) is 10.5 Å². The van der Waals surface area contributed by atoms with E-state index in [1.807, 2.05) is 13.8 Å². The third-order valence-electron chi connectivity index (χ3n) is 4.00. The predicted octanol–water partition coefficient (Wildman–Crippen LogP) is 2.53. The zero-order valence-electron chi connectivity index (χ0n) is 12.0. The van der Waals surface area contributed by atoms with Crippen LogP contribution in [0.4, 0.5) is 0 Å². The van der Waals surface area contributed by atoms with Crippen LogP contribution in [0.2, 0.25) is 0 Å². The van der Waals surface area contributed by atoms with Gasteiger partial charge in [-0.05, 0) is 37.3 Å². The Bertz CT molecular complexity index is 492. The summed E-state index contributed by atoms with van der Waals surface area (Å²) >= 11 is 0. The van der Waals surface area contributed by atoms with E-state index in [9.17, 15) is 9.59 Å². The maximum absolute atomic E-state index is 12.2. The highest BCUT2D eigenvalue weighted by molar-refractivity contribution is 5.92. The number of amides is 1. The average molecular weight is 279 g/mol. The molecule has 1 fully saturated rings. The quantitative estimate of drug-likeness (QED) is 0.838. The van der Waals surface area contributed by atoms with E-state index in [4.69, 9.17) is 9.52 Å². The van der Waals surface area contributed by atoms with Crippen molar-refractivity contribution in [3.63, 3.8) is 0 Å². The number of furan rings is 1. The van der Waals surface area contributed by atoms with Crippen molar-refractivity contribution in [2.24, 2.45) is 0 Å². The lowest BCUT2D eigenvalue weighted by Crippen LogP contribution is -2.54. The Morgan fingerprint density at radius 3 is 2.45 bits per heavy atom. The van der Waals surface area contributed by atoms with Gasteiger partial charge in [0.15, 0.2) is 5.76 Å². The maximum Gasteiger partial charge on any atom is 0.305 e. The molecule has 0 aliphatic heterocycles. The Balaban J connectivity index is 2.11. The number of aliphatic carboxylic acids is 1. The van der Waals surface area contributed by atoms with Crippen molar-refractivity contribution in [1.82, 2.24) is 5.32 Å². The molecule has 1 aliphatic carbocycles. The normalized spacial score (nSPS) is 16.5. The average Bonchev–Trinajstić information content (AvgIpc) is 2.78. The van der Waals surface area contributed by atoms with Crippen LogP contribution in [0.1, 0.15) is 61.4 Å². The first-order chi connectivity index (χ1) is 9.49. The van der Waals surface area contributed by atoms with Crippen LogP contribution in [0.5, 0.6) is 0 Å². The van der Waals surface area contributed by atoms with Crippen LogP contribution in [-0.4, -0.2) is 22.5 Å². The van der Waals surface area contributed by atoms with Gasteiger partial charge in [0.1, 0.15) is 5.76 Å². The van der Waals surface area contributed by atoms with E-state index in [1.165, 1.54) is 0 Å². The fourth-order valence-electron chi connectivity index (χ4n) is 2.72. The number of hydrogen-bond donors (Lipinski definition) is 2. The molecule has 5 nitrogen and oxygen atoms in total. The molecule has 0 radical (unpaired) electrons. The zero-order chi connectivity index (χ0) is 14.8. The number of carboxylic acid groups (broad SMARTS) is 1. The van der Waals surface area contributed by atoms with Crippen LogP contribution >= 0.6 is 0 Å². The van der Waals surface area contributed by atoms with Gasteiger partial charge >= 0.3 is 5.97 Å². The fraction of sp³-hybridized carbons (Fsp3) is 0.600. The third-order valence-corrected chi connectivity index (χ3v) is 4.00. The SMILES string of the molecule is CCc1cc(C(=O)NC2(CC(=O)O)CCC2)oc1CC. The first kappa shape index (κ1) is 14.6. The summed E-state index contributed by atoms with van der Waals surface area (Å²) in [6.45, 7) is 4.00. The number of carboxylic acids is 1. The highest BCUT2D eigenvalue weighted by Gasteiger charge is 2.41. The summed E-state index contributed by atoms with van der Waals surface area (Å²) in [6.07, 6.45) is 3.92. The minimum atomic E-state index is -0.882. The minimum Gasteiger partial charge on any atom is -0.481 e. The topological polar surface area (TPSA) is 79.5 Å². The van der Waals surface area contributed by atoms with Crippen LogP contribution in [0.25, 0.3) is 0 Å². The molecule has 1 amide bonds. The highest BCUT2D eigenvalue weighted by Crippen LogP contribution is 2.35. The first-order valence-electron chi connectivity index (χ1n) is 7.15. The molecule has 0 atom stereocenters. The summed E-state index contributed by atoms with van der Waals surface area (Å²) in [5.74, 6) is -0.0674. The van der Waals surface area contributed by atoms with Gasteiger partial charge in [0.25, 0.3) is 5.91 Å². The van der Waals surface area contributed by atoms with Crippen molar-refractivity contribution in [2.45, 2.75) is 57.9 Å². The van der Waals surface area contributed by atoms with Gasteiger partial charge in [-0.2, -0.15) is 0 Å². The van der Waals surface area contributed by atoms with Gasteiger partial charge < -0.3 is 14.8 Å².